The lowest BCUT2D eigenvalue weighted by atomic mass is 9.95. The standard InChI is InChI=1S/C13H20BrNOS/c1-2-13(16,10-15)7-4-8-17-12-6-3-5-11(14)9-12/h3,5-6,9,16H,2,4,7-8,10,15H2,1H3. The van der Waals surface area contributed by atoms with Crippen molar-refractivity contribution in [2.75, 3.05) is 12.3 Å². The minimum absolute atomic E-state index is 0.352. The maximum absolute atomic E-state index is 10.0. The zero-order valence-corrected chi connectivity index (χ0v) is 12.6. The molecule has 1 aromatic rings. The fraction of sp³-hybridized carbons (Fsp3) is 0.538. The van der Waals surface area contributed by atoms with Gasteiger partial charge in [-0.1, -0.05) is 28.9 Å². The second-order valence-electron chi connectivity index (χ2n) is 4.19. The van der Waals surface area contributed by atoms with Crippen LogP contribution in [0.4, 0.5) is 0 Å². The predicted molar refractivity (Wildman–Crippen MR) is 78.4 cm³/mol. The van der Waals surface area contributed by atoms with Crippen molar-refractivity contribution in [2.45, 2.75) is 36.7 Å². The Morgan fingerprint density at radius 1 is 1.47 bits per heavy atom. The van der Waals surface area contributed by atoms with Crippen molar-refractivity contribution >= 4 is 27.7 Å². The van der Waals surface area contributed by atoms with Crippen LogP contribution < -0.4 is 5.73 Å². The fourth-order valence-electron chi connectivity index (χ4n) is 1.57. The first-order valence-corrected chi connectivity index (χ1v) is 7.68. The summed E-state index contributed by atoms with van der Waals surface area (Å²) in [5, 5.41) is 10.0. The molecule has 0 fully saturated rings. The molecule has 0 saturated heterocycles. The summed E-state index contributed by atoms with van der Waals surface area (Å²) in [6, 6.07) is 8.27. The third-order valence-electron chi connectivity index (χ3n) is 2.89. The highest BCUT2D eigenvalue weighted by molar-refractivity contribution is 9.10. The number of rotatable bonds is 7. The van der Waals surface area contributed by atoms with Gasteiger partial charge in [0.25, 0.3) is 0 Å². The number of benzene rings is 1. The summed E-state index contributed by atoms with van der Waals surface area (Å²) in [6.07, 6.45) is 2.49. The Kier molecular flexibility index (Phi) is 6.55. The molecule has 0 spiro atoms. The Bertz CT molecular complexity index is 342. The summed E-state index contributed by atoms with van der Waals surface area (Å²) in [7, 11) is 0. The van der Waals surface area contributed by atoms with E-state index in [0.29, 0.717) is 6.54 Å². The molecular weight excluding hydrogens is 298 g/mol. The molecule has 0 radical (unpaired) electrons. The first-order chi connectivity index (χ1) is 8.09. The number of halogens is 1. The van der Waals surface area contributed by atoms with Gasteiger partial charge in [0.05, 0.1) is 5.60 Å². The third-order valence-corrected chi connectivity index (χ3v) is 4.46. The monoisotopic (exact) mass is 317 g/mol. The van der Waals surface area contributed by atoms with Crippen LogP contribution in [-0.4, -0.2) is 23.0 Å². The first-order valence-electron chi connectivity index (χ1n) is 5.90. The van der Waals surface area contributed by atoms with Crippen molar-refractivity contribution in [2.24, 2.45) is 5.73 Å². The van der Waals surface area contributed by atoms with Gasteiger partial charge >= 0.3 is 0 Å². The van der Waals surface area contributed by atoms with Gasteiger partial charge in [0.15, 0.2) is 0 Å². The summed E-state index contributed by atoms with van der Waals surface area (Å²) < 4.78 is 1.11. The largest absolute Gasteiger partial charge is 0.389 e. The number of aliphatic hydroxyl groups is 1. The van der Waals surface area contributed by atoms with E-state index in [1.165, 1.54) is 4.90 Å². The Balaban J connectivity index is 2.29. The summed E-state index contributed by atoms with van der Waals surface area (Å²) in [5.41, 5.74) is 4.90. The highest BCUT2D eigenvalue weighted by Gasteiger charge is 2.21. The van der Waals surface area contributed by atoms with E-state index in [2.05, 4.69) is 28.1 Å². The van der Waals surface area contributed by atoms with E-state index in [1.54, 1.807) is 0 Å². The summed E-state index contributed by atoms with van der Waals surface area (Å²) in [5.74, 6) is 1.01. The molecular formula is C13H20BrNOS. The van der Waals surface area contributed by atoms with Crippen molar-refractivity contribution in [3.63, 3.8) is 0 Å². The Morgan fingerprint density at radius 3 is 2.82 bits per heavy atom. The zero-order chi connectivity index (χ0) is 12.7. The van der Waals surface area contributed by atoms with Crippen LogP contribution in [0.2, 0.25) is 0 Å². The minimum Gasteiger partial charge on any atom is -0.389 e. The molecule has 0 saturated carbocycles. The number of hydrogen-bond donors (Lipinski definition) is 2. The van der Waals surface area contributed by atoms with E-state index in [4.69, 9.17) is 5.73 Å². The second-order valence-corrected chi connectivity index (χ2v) is 6.28. The van der Waals surface area contributed by atoms with E-state index < -0.39 is 5.60 Å². The van der Waals surface area contributed by atoms with Crippen molar-refractivity contribution in [1.82, 2.24) is 0 Å². The lowest BCUT2D eigenvalue weighted by molar-refractivity contribution is 0.0360. The number of nitrogens with two attached hydrogens (primary N) is 1. The molecule has 1 aromatic carbocycles. The molecule has 0 aliphatic heterocycles. The predicted octanol–water partition coefficient (Wildman–Crippen LogP) is 3.42. The molecule has 0 bridgehead atoms. The van der Waals surface area contributed by atoms with Crippen LogP contribution in [0, 0.1) is 0 Å². The van der Waals surface area contributed by atoms with Gasteiger partial charge in [-0.05, 0) is 43.2 Å². The number of hydrogen-bond acceptors (Lipinski definition) is 3. The molecule has 3 N–H and O–H groups in total. The number of thioether (sulfide) groups is 1. The van der Waals surface area contributed by atoms with Crippen molar-refractivity contribution in [3.05, 3.63) is 28.7 Å². The van der Waals surface area contributed by atoms with Crippen molar-refractivity contribution in [1.29, 1.82) is 0 Å². The van der Waals surface area contributed by atoms with Crippen LogP contribution in [0.25, 0.3) is 0 Å². The minimum atomic E-state index is -0.669. The van der Waals surface area contributed by atoms with Gasteiger partial charge in [0.2, 0.25) is 0 Å². The van der Waals surface area contributed by atoms with Gasteiger partial charge in [-0.15, -0.1) is 11.8 Å². The Labute approximate surface area is 116 Å². The maximum Gasteiger partial charge on any atom is 0.0767 e. The maximum atomic E-state index is 10.0. The van der Waals surface area contributed by atoms with Gasteiger partial charge < -0.3 is 10.8 Å². The lowest BCUT2D eigenvalue weighted by Crippen LogP contribution is -2.36. The molecule has 0 aliphatic rings. The molecule has 96 valence electrons. The molecule has 2 nitrogen and oxygen atoms in total. The second kappa shape index (κ2) is 7.41. The molecule has 0 aliphatic carbocycles. The molecule has 0 aromatic heterocycles. The lowest BCUT2D eigenvalue weighted by Gasteiger charge is -2.24. The van der Waals surface area contributed by atoms with Crippen LogP contribution in [-0.2, 0) is 0 Å². The average Bonchev–Trinajstić information content (AvgIpc) is 2.34. The SMILES string of the molecule is CCC(O)(CN)CCCSc1cccc(Br)c1. The quantitative estimate of drug-likeness (QED) is 0.598. The van der Waals surface area contributed by atoms with E-state index in [0.717, 1.165) is 29.5 Å². The highest BCUT2D eigenvalue weighted by Crippen LogP contribution is 2.24. The molecule has 17 heavy (non-hydrogen) atoms. The van der Waals surface area contributed by atoms with E-state index in [-0.39, 0.29) is 0 Å². The van der Waals surface area contributed by atoms with Crippen LogP contribution in [0.3, 0.4) is 0 Å². The Morgan fingerprint density at radius 2 is 2.24 bits per heavy atom. The average molecular weight is 318 g/mol. The zero-order valence-electron chi connectivity index (χ0n) is 10.2. The van der Waals surface area contributed by atoms with Crippen molar-refractivity contribution < 1.29 is 5.11 Å². The van der Waals surface area contributed by atoms with E-state index >= 15 is 0 Å². The van der Waals surface area contributed by atoms with Gasteiger partial charge in [-0.2, -0.15) is 0 Å². The summed E-state index contributed by atoms with van der Waals surface area (Å²) in [4.78, 5) is 1.26. The third kappa shape index (κ3) is 5.42. The molecule has 0 amide bonds. The molecule has 4 heteroatoms. The molecule has 1 rings (SSSR count). The molecule has 1 atom stereocenters. The van der Waals surface area contributed by atoms with E-state index in [1.807, 2.05) is 30.8 Å². The van der Waals surface area contributed by atoms with Crippen LogP contribution in [0.5, 0.6) is 0 Å². The molecule has 1 unspecified atom stereocenters. The van der Waals surface area contributed by atoms with Crippen molar-refractivity contribution in [3.8, 4) is 0 Å². The van der Waals surface area contributed by atoms with Crippen LogP contribution >= 0.6 is 27.7 Å². The summed E-state index contributed by atoms with van der Waals surface area (Å²) in [6.45, 7) is 2.33. The van der Waals surface area contributed by atoms with Crippen LogP contribution in [0.15, 0.2) is 33.6 Å². The summed E-state index contributed by atoms with van der Waals surface area (Å²) >= 11 is 5.27. The topological polar surface area (TPSA) is 46.2 Å². The van der Waals surface area contributed by atoms with Gasteiger partial charge in [-0.3, -0.25) is 0 Å². The van der Waals surface area contributed by atoms with Gasteiger partial charge in [0, 0.05) is 15.9 Å². The fourth-order valence-corrected chi connectivity index (χ4v) is 3.03. The first kappa shape index (κ1) is 15.0. The smallest absolute Gasteiger partial charge is 0.0767 e. The molecule has 0 heterocycles. The van der Waals surface area contributed by atoms with E-state index in [9.17, 15) is 5.11 Å². The van der Waals surface area contributed by atoms with Crippen LogP contribution in [0.1, 0.15) is 26.2 Å². The Hall–Kier alpha value is -0.0300. The van der Waals surface area contributed by atoms with Gasteiger partial charge in [-0.25, -0.2) is 0 Å². The normalized spacial score (nSPS) is 14.6. The van der Waals surface area contributed by atoms with Gasteiger partial charge in [0.1, 0.15) is 0 Å². The highest BCUT2D eigenvalue weighted by atomic mass is 79.9.